The van der Waals surface area contributed by atoms with Crippen molar-refractivity contribution in [1.29, 1.82) is 0 Å². The number of hydrogen-bond donors (Lipinski definition) is 1. The summed E-state index contributed by atoms with van der Waals surface area (Å²) in [5.41, 5.74) is 2.34. The average Bonchev–Trinajstić information content (AvgIpc) is 3.14. The number of carbonyl (C=O) groups is 1. The van der Waals surface area contributed by atoms with Crippen LogP contribution in [-0.4, -0.2) is 31.8 Å². The number of ether oxygens (including phenoxy) is 2. The molecule has 0 aliphatic carbocycles. The number of aromatic nitrogens is 1. The van der Waals surface area contributed by atoms with E-state index in [1.165, 1.54) is 0 Å². The molecule has 0 saturated carbocycles. The maximum atomic E-state index is 12.1. The van der Waals surface area contributed by atoms with Crippen LogP contribution in [0, 0.1) is 0 Å². The highest BCUT2D eigenvalue weighted by atomic mass is 32.2. The molecule has 0 radical (unpaired) electrons. The van der Waals surface area contributed by atoms with Crippen molar-refractivity contribution >= 4 is 21.8 Å². The summed E-state index contributed by atoms with van der Waals surface area (Å²) in [6, 6.07) is 19.9. The topological polar surface area (TPSA) is 107 Å². The molecule has 4 rings (SSSR count). The lowest BCUT2D eigenvalue weighted by molar-refractivity contribution is -0.145. The van der Waals surface area contributed by atoms with Crippen LogP contribution in [0.5, 0.6) is 5.75 Å². The SMILES string of the molecule is O=C(CCCCCN=C1NS(=O)(=O)c2ccccc21)OCc1ccc(OCc2ccccn2)cc1. The van der Waals surface area contributed by atoms with Crippen molar-refractivity contribution in [2.24, 2.45) is 4.99 Å². The van der Waals surface area contributed by atoms with E-state index in [4.69, 9.17) is 9.47 Å². The molecule has 2 heterocycles. The minimum absolute atomic E-state index is 0.215. The second-order valence-electron chi connectivity index (χ2n) is 8.06. The van der Waals surface area contributed by atoms with Crippen LogP contribution in [-0.2, 0) is 32.8 Å². The Morgan fingerprint density at radius 3 is 2.51 bits per heavy atom. The molecule has 9 heteroatoms. The van der Waals surface area contributed by atoms with Gasteiger partial charge in [0.25, 0.3) is 10.0 Å². The maximum Gasteiger partial charge on any atom is 0.306 e. The molecular weight excluding hydrogens is 466 g/mol. The Balaban J connectivity index is 1.11. The largest absolute Gasteiger partial charge is 0.487 e. The maximum absolute atomic E-state index is 12.1. The second-order valence-corrected chi connectivity index (χ2v) is 9.71. The summed E-state index contributed by atoms with van der Waals surface area (Å²) in [5.74, 6) is 0.862. The number of amidine groups is 1. The highest BCUT2D eigenvalue weighted by Crippen LogP contribution is 2.22. The van der Waals surface area contributed by atoms with Crippen LogP contribution in [0.4, 0.5) is 0 Å². The van der Waals surface area contributed by atoms with Gasteiger partial charge in [-0.15, -0.1) is 0 Å². The molecule has 3 aromatic rings. The molecule has 0 spiro atoms. The lowest BCUT2D eigenvalue weighted by Crippen LogP contribution is -2.22. The number of nitrogens with zero attached hydrogens (tertiary/aromatic N) is 2. The van der Waals surface area contributed by atoms with Gasteiger partial charge in [-0.05, 0) is 54.8 Å². The number of carbonyl (C=O) groups excluding carboxylic acids is 1. The molecule has 0 unspecified atom stereocenters. The number of rotatable bonds is 11. The molecule has 1 aliphatic heterocycles. The van der Waals surface area contributed by atoms with Crippen molar-refractivity contribution in [1.82, 2.24) is 9.71 Å². The Morgan fingerprint density at radius 2 is 1.71 bits per heavy atom. The molecule has 0 fully saturated rings. The van der Waals surface area contributed by atoms with Gasteiger partial charge in [-0.25, -0.2) is 8.42 Å². The lowest BCUT2D eigenvalue weighted by Gasteiger charge is -2.08. The van der Waals surface area contributed by atoms with E-state index >= 15 is 0 Å². The minimum atomic E-state index is -3.51. The number of benzene rings is 2. The fraction of sp³-hybridized carbons (Fsp3) is 0.269. The zero-order chi connectivity index (χ0) is 24.5. The Bertz CT molecular complexity index is 1280. The summed E-state index contributed by atoms with van der Waals surface area (Å²) >= 11 is 0. The van der Waals surface area contributed by atoms with Crippen molar-refractivity contribution in [3.63, 3.8) is 0 Å². The van der Waals surface area contributed by atoms with Crippen LogP contribution in [0.2, 0.25) is 0 Å². The van der Waals surface area contributed by atoms with E-state index in [2.05, 4.69) is 14.7 Å². The standard InChI is InChI=1S/C26H27N3O5S/c30-25(34-18-20-12-14-22(15-13-20)33-19-21-8-5-7-16-27-21)11-2-1-6-17-28-26-23-9-3-4-10-24(23)35(31,32)29-26/h3-5,7-10,12-16H,1-2,6,11,17-19H2,(H,28,29). The first-order chi connectivity index (χ1) is 17.0. The van der Waals surface area contributed by atoms with E-state index in [-0.39, 0.29) is 17.5 Å². The molecule has 0 atom stereocenters. The molecule has 8 nitrogen and oxygen atoms in total. The Hall–Kier alpha value is -3.72. The van der Waals surface area contributed by atoms with E-state index in [0.29, 0.717) is 37.4 Å². The Morgan fingerprint density at radius 1 is 0.914 bits per heavy atom. The first-order valence-corrected chi connectivity index (χ1v) is 12.9. The Labute approximate surface area is 205 Å². The lowest BCUT2D eigenvalue weighted by atomic mass is 10.2. The second kappa shape index (κ2) is 11.6. The van der Waals surface area contributed by atoms with E-state index in [1.54, 1.807) is 30.5 Å². The summed E-state index contributed by atoms with van der Waals surface area (Å²) in [6.07, 6.45) is 4.29. The quantitative estimate of drug-likeness (QED) is 0.320. The van der Waals surface area contributed by atoms with Gasteiger partial charge in [0, 0.05) is 24.7 Å². The van der Waals surface area contributed by atoms with Crippen LogP contribution in [0.15, 0.2) is 82.8 Å². The van der Waals surface area contributed by atoms with E-state index in [1.807, 2.05) is 42.5 Å². The fourth-order valence-corrected chi connectivity index (χ4v) is 4.81. The van der Waals surface area contributed by atoms with Crippen molar-refractivity contribution < 1.29 is 22.7 Å². The number of sulfonamides is 1. The van der Waals surface area contributed by atoms with Gasteiger partial charge in [0.2, 0.25) is 0 Å². The molecule has 1 aromatic heterocycles. The van der Waals surface area contributed by atoms with Gasteiger partial charge in [-0.1, -0.05) is 36.8 Å². The van der Waals surface area contributed by atoms with Crippen LogP contribution in [0.25, 0.3) is 0 Å². The molecule has 182 valence electrons. The van der Waals surface area contributed by atoms with Crippen molar-refractivity contribution in [3.05, 3.63) is 89.7 Å². The number of nitrogens with one attached hydrogen (secondary N) is 1. The highest BCUT2D eigenvalue weighted by molar-refractivity contribution is 7.90. The van der Waals surface area contributed by atoms with E-state index < -0.39 is 10.0 Å². The summed E-state index contributed by atoms with van der Waals surface area (Å²) in [6.45, 7) is 1.09. The van der Waals surface area contributed by atoms with Crippen LogP contribution in [0.3, 0.4) is 0 Å². The van der Waals surface area contributed by atoms with E-state index in [0.717, 1.165) is 29.8 Å². The van der Waals surface area contributed by atoms with Crippen molar-refractivity contribution in [2.75, 3.05) is 6.54 Å². The molecule has 0 amide bonds. The van der Waals surface area contributed by atoms with Gasteiger partial charge >= 0.3 is 5.97 Å². The summed E-state index contributed by atoms with van der Waals surface area (Å²) in [4.78, 5) is 20.9. The molecule has 1 aliphatic rings. The van der Waals surface area contributed by atoms with Gasteiger partial charge in [0.1, 0.15) is 24.8 Å². The van der Waals surface area contributed by atoms with Crippen LogP contribution in [0.1, 0.15) is 42.5 Å². The molecular formula is C26H27N3O5S. The van der Waals surface area contributed by atoms with Gasteiger partial charge < -0.3 is 9.47 Å². The van der Waals surface area contributed by atoms with Gasteiger partial charge in [-0.3, -0.25) is 19.5 Å². The number of esters is 1. The summed E-state index contributed by atoms with van der Waals surface area (Å²) in [7, 11) is -3.51. The third-order valence-corrected chi connectivity index (χ3v) is 6.80. The zero-order valence-electron chi connectivity index (χ0n) is 19.2. The Kier molecular flexibility index (Phi) is 8.10. The molecule has 0 bridgehead atoms. The van der Waals surface area contributed by atoms with Crippen LogP contribution < -0.4 is 9.46 Å². The minimum Gasteiger partial charge on any atom is -0.487 e. The molecule has 35 heavy (non-hydrogen) atoms. The van der Waals surface area contributed by atoms with Gasteiger partial charge in [0.05, 0.1) is 10.6 Å². The zero-order valence-corrected chi connectivity index (χ0v) is 20.0. The first kappa shape index (κ1) is 24.4. The number of hydrogen-bond acceptors (Lipinski definition) is 7. The third-order valence-electron chi connectivity index (χ3n) is 5.41. The summed E-state index contributed by atoms with van der Waals surface area (Å²) < 4.78 is 37.7. The van der Waals surface area contributed by atoms with Crippen LogP contribution >= 0.6 is 0 Å². The number of fused-ring (bicyclic) bond motifs is 1. The number of pyridine rings is 1. The number of unbranched alkanes of at least 4 members (excludes halogenated alkanes) is 2. The van der Waals surface area contributed by atoms with Gasteiger partial charge in [-0.2, -0.15) is 0 Å². The van der Waals surface area contributed by atoms with Crippen molar-refractivity contribution in [2.45, 2.75) is 43.8 Å². The average molecular weight is 494 g/mol. The predicted molar refractivity (Wildman–Crippen MR) is 131 cm³/mol. The molecule has 2 aromatic carbocycles. The normalized spacial score (nSPS) is 14.8. The van der Waals surface area contributed by atoms with Crippen molar-refractivity contribution in [3.8, 4) is 5.75 Å². The smallest absolute Gasteiger partial charge is 0.306 e. The molecule has 1 N–H and O–H groups in total. The van der Waals surface area contributed by atoms with Gasteiger partial charge in [0.15, 0.2) is 0 Å². The number of aliphatic imine (C=N–C) groups is 1. The molecule has 0 saturated heterocycles. The third kappa shape index (κ3) is 6.89. The monoisotopic (exact) mass is 493 g/mol. The first-order valence-electron chi connectivity index (χ1n) is 11.5. The summed E-state index contributed by atoms with van der Waals surface area (Å²) in [5, 5.41) is 0. The fourth-order valence-electron chi connectivity index (χ4n) is 3.56. The predicted octanol–water partition coefficient (Wildman–Crippen LogP) is 4.00. The van der Waals surface area contributed by atoms with E-state index in [9.17, 15) is 13.2 Å². The highest BCUT2D eigenvalue weighted by Gasteiger charge is 2.29.